The molecule has 0 saturated carbocycles. The fourth-order valence-electron chi connectivity index (χ4n) is 2.69. The summed E-state index contributed by atoms with van der Waals surface area (Å²) in [5, 5.41) is 0. The Balaban J connectivity index is 0.00000225. The fraction of sp³-hybridized carbons (Fsp3) is 0.182. The van der Waals surface area contributed by atoms with Gasteiger partial charge in [-0.3, -0.25) is 4.79 Å². The van der Waals surface area contributed by atoms with Gasteiger partial charge in [0, 0.05) is 28.8 Å². The third-order valence-corrected chi connectivity index (χ3v) is 4.20. The number of ketones is 1. The normalized spacial score (nSPS) is 10.4. The summed E-state index contributed by atoms with van der Waals surface area (Å²) in [6.45, 7) is 5.20. The van der Waals surface area contributed by atoms with Gasteiger partial charge in [-0.25, -0.2) is 4.57 Å². The first-order valence-corrected chi connectivity index (χ1v) is 8.31. The van der Waals surface area contributed by atoms with E-state index in [-0.39, 0.29) is 18.2 Å². The minimum atomic E-state index is 0. The van der Waals surface area contributed by atoms with Crippen LogP contribution in [0.25, 0.3) is 0 Å². The summed E-state index contributed by atoms with van der Waals surface area (Å²) in [6.07, 6.45) is 3.93. The van der Waals surface area contributed by atoms with Crippen molar-refractivity contribution in [2.45, 2.75) is 26.3 Å². The van der Waals surface area contributed by atoms with Crippen LogP contribution in [0, 0.1) is 0 Å². The second kappa shape index (κ2) is 8.59. The molecule has 0 unspecified atom stereocenters. The third kappa shape index (κ3) is 4.77. The van der Waals surface area contributed by atoms with Crippen LogP contribution in [-0.2, 0) is 6.54 Å². The molecule has 0 aliphatic rings. The van der Waals surface area contributed by atoms with Crippen LogP contribution < -0.4 is 17.0 Å². The van der Waals surface area contributed by atoms with Gasteiger partial charge >= 0.3 is 0 Å². The van der Waals surface area contributed by atoms with Gasteiger partial charge < -0.3 is 12.4 Å². The van der Waals surface area contributed by atoms with E-state index in [0.29, 0.717) is 11.5 Å². The highest BCUT2D eigenvalue weighted by molar-refractivity contribution is 6.08. The number of carbonyl (C=O) groups excluding carboxylic acids is 1. The van der Waals surface area contributed by atoms with Crippen LogP contribution in [0.5, 0.6) is 0 Å². The average Bonchev–Trinajstić information content (AvgIpc) is 2.63. The molecule has 3 rings (SSSR count). The minimum Gasteiger partial charge on any atom is -1.00 e. The Bertz CT molecular complexity index is 809. The van der Waals surface area contributed by atoms with Crippen molar-refractivity contribution in [3.8, 4) is 0 Å². The SMILES string of the molecule is CC(C)c1ccc(C[n+]2ccc(C(=O)c3ccccc3)cc2)cc1.[Cl-]. The number of hydrogen-bond acceptors (Lipinski definition) is 1. The summed E-state index contributed by atoms with van der Waals surface area (Å²) >= 11 is 0. The maximum atomic E-state index is 12.4. The van der Waals surface area contributed by atoms with Gasteiger partial charge in [-0.1, -0.05) is 68.4 Å². The van der Waals surface area contributed by atoms with Crippen LogP contribution in [0.1, 0.15) is 46.8 Å². The standard InChI is InChI=1S/C22H22NO.ClH/c1-17(2)19-10-8-18(9-11-19)16-23-14-12-21(13-15-23)22(24)20-6-4-3-5-7-20;/h3-15,17H,16H2,1-2H3;1H/q+1;/p-1. The zero-order valence-electron chi connectivity index (χ0n) is 14.5. The molecular formula is C22H22ClNO. The predicted octanol–water partition coefficient (Wildman–Crippen LogP) is 1.38. The largest absolute Gasteiger partial charge is 1.00 e. The van der Waals surface area contributed by atoms with Gasteiger partial charge in [0.25, 0.3) is 0 Å². The van der Waals surface area contributed by atoms with Crippen molar-refractivity contribution in [3.05, 3.63) is 101 Å². The first kappa shape index (κ1) is 18.9. The van der Waals surface area contributed by atoms with Gasteiger partial charge in [0.1, 0.15) is 0 Å². The molecule has 0 atom stereocenters. The number of carbonyl (C=O) groups is 1. The lowest BCUT2D eigenvalue weighted by Crippen LogP contribution is -3.00. The predicted molar refractivity (Wildman–Crippen MR) is 96.1 cm³/mol. The van der Waals surface area contributed by atoms with E-state index < -0.39 is 0 Å². The number of pyridine rings is 1. The summed E-state index contributed by atoms with van der Waals surface area (Å²) in [6, 6.07) is 21.9. The van der Waals surface area contributed by atoms with E-state index in [4.69, 9.17) is 0 Å². The van der Waals surface area contributed by atoms with Crippen LogP contribution >= 0.6 is 0 Å². The van der Waals surface area contributed by atoms with Crippen molar-refractivity contribution in [1.29, 1.82) is 0 Å². The number of aromatic nitrogens is 1. The molecule has 1 aromatic heterocycles. The second-order valence-corrected chi connectivity index (χ2v) is 6.35. The van der Waals surface area contributed by atoms with Crippen molar-refractivity contribution >= 4 is 5.78 Å². The summed E-state index contributed by atoms with van der Waals surface area (Å²) < 4.78 is 2.09. The molecule has 0 aliphatic carbocycles. The van der Waals surface area contributed by atoms with Crippen molar-refractivity contribution in [1.82, 2.24) is 0 Å². The van der Waals surface area contributed by atoms with Crippen LogP contribution in [0.3, 0.4) is 0 Å². The average molecular weight is 352 g/mol. The van der Waals surface area contributed by atoms with Gasteiger partial charge in [0.15, 0.2) is 24.7 Å². The van der Waals surface area contributed by atoms with Crippen LogP contribution in [-0.4, -0.2) is 5.78 Å². The molecule has 0 saturated heterocycles. The smallest absolute Gasteiger partial charge is 0.193 e. The van der Waals surface area contributed by atoms with E-state index in [9.17, 15) is 4.79 Å². The Morgan fingerprint density at radius 2 is 1.40 bits per heavy atom. The number of hydrogen-bond donors (Lipinski definition) is 0. The van der Waals surface area contributed by atoms with Crippen molar-refractivity contribution < 1.29 is 21.8 Å². The maximum Gasteiger partial charge on any atom is 0.193 e. The molecule has 128 valence electrons. The second-order valence-electron chi connectivity index (χ2n) is 6.35. The van der Waals surface area contributed by atoms with E-state index in [0.717, 1.165) is 12.1 Å². The topological polar surface area (TPSA) is 20.9 Å². The Hall–Kier alpha value is -2.45. The lowest BCUT2D eigenvalue weighted by Gasteiger charge is -2.05. The Morgan fingerprint density at radius 1 is 0.840 bits per heavy atom. The zero-order valence-corrected chi connectivity index (χ0v) is 15.3. The highest BCUT2D eigenvalue weighted by atomic mass is 35.5. The van der Waals surface area contributed by atoms with Gasteiger partial charge in [-0.05, 0) is 11.5 Å². The lowest BCUT2D eigenvalue weighted by atomic mass is 10.0. The van der Waals surface area contributed by atoms with Gasteiger partial charge in [0.2, 0.25) is 0 Å². The number of rotatable bonds is 5. The highest BCUT2D eigenvalue weighted by Crippen LogP contribution is 2.14. The van der Waals surface area contributed by atoms with Crippen molar-refractivity contribution in [2.24, 2.45) is 0 Å². The first-order valence-electron chi connectivity index (χ1n) is 8.31. The molecule has 1 heterocycles. The van der Waals surface area contributed by atoms with E-state index in [1.54, 1.807) is 0 Å². The molecule has 3 aromatic rings. The van der Waals surface area contributed by atoms with Gasteiger partial charge in [-0.2, -0.15) is 0 Å². The number of halogens is 1. The summed E-state index contributed by atoms with van der Waals surface area (Å²) in [5.41, 5.74) is 4.05. The summed E-state index contributed by atoms with van der Waals surface area (Å²) in [4.78, 5) is 12.4. The Morgan fingerprint density at radius 3 is 1.96 bits per heavy atom. The molecule has 2 aromatic carbocycles. The molecule has 0 spiro atoms. The van der Waals surface area contributed by atoms with Crippen LogP contribution in [0.2, 0.25) is 0 Å². The number of benzene rings is 2. The fourth-order valence-corrected chi connectivity index (χ4v) is 2.69. The highest BCUT2D eigenvalue weighted by Gasteiger charge is 2.11. The maximum absolute atomic E-state index is 12.4. The third-order valence-electron chi connectivity index (χ3n) is 4.20. The van der Waals surface area contributed by atoms with E-state index >= 15 is 0 Å². The van der Waals surface area contributed by atoms with Crippen LogP contribution in [0.4, 0.5) is 0 Å². The molecule has 0 aliphatic heterocycles. The first-order chi connectivity index (χ1) is 11.6. The molecule has 3 heteroatoms. The minimum absolute atomic E-state index is 0. The zero-order chi connectivity index (χ0) is 16.9. The van der Waals surface area contributed by atoms with E-state index in [1.807, 2.05) is 54.9 Å². The Kier molecular flexibility index (Phi) is 6.49. The molecule has 0 amide bonds. The molecule has 2 nitrogen and oxygen atoms in total. The van der Waals surface area contributed by atoms with Crippen LogP contribution in [0.15, 0.2) is 79.1 Å². The molecule has 0 N–H and O–H groups in total. The number of nitrogens with zero attached hydrogens (tertiary/aromatic N) is 1. The van der Waals surface area contributed by atoms with Gasteiger partial charge in [0.05, 0.1) is 0 Å². The molecule has 0 radical (unpaired) electrons. The quantitative estimate of drug-likeness (QED) is 0.502. The van der Waals surface area contributed by atoms with Gasteiger partial charge in [-0.15, -0.1) is 0 Å². The molecule has 0 fully saturated rings. The van der Waals surface area contributed by atoms with E-state index in [2.05, 4.69) is 42.7 Å². The van der Waals surface area contributed by atoms with E-state index in [1.165, 1.54) is 11.1 Å². The summed E-state index contributed by atoms with van der Waals surface area (Å²) in [5.74, 6) is 0.610. The summed E-state index contributed by atoms with van der Waals surface area (Å²) in [7, 11) is 0. The molecular weight excluding hydrogens is 330 g/mol. The lowest BCUT2D eigenvalue weighted by molar-refractivity contribution is -0.688. The molecule has 0 bridgehead atoms. The molecule has 25 heavy (non-hydrogen) atoms. The Labute approximate surface area is 155 Å². The van der Waals surface area contributed by atoms with Crippen molar-refractivity contribution in [2.75, 3.05) is 0 Å². The van der Waals surface area contributed by atoms with Crippen molar-refractivity contribution in [3.63, 3.8) is 0 Å². The monoisotopic (exact) mass is 351 g/mol.